The number of hydrogen-bond donors (Lipinski definition) is 2. The van der Waals surface area contributed by atoms with Crippen molar-refractivity contribution in [2.45, 2.75) is 13.0 Å². The number of nitrogens with two attached hydrogens (primary N) is 1. The van der Waals surface area contributed by atoms with E-state index in [9.17, 15) is 0 Å². The summed E-state index contributed by atoms with van der Waals surface area (Å²) in [6.45, 7) is 8.63. The van der Waals surface area contributed by atoms with Gasteiger partial charge in [-0.1, -0.05) is 12.1 Å². The summed E-state index contributed by atoms with van der Waals surface area (Å²) in [6.07, 6.45) is 1.07. The molecule has 27 heavy (non-hydrogen) atoms. The third-order valence-electron chi connectivity index (χ3n) is 4.81. The third kappa shape index (κ3) is 8.05. The number of nitrogens with zero attached hydrogens (tertiary/aromatic N) is 3. The van der Waals surface area contributed by atoms with Gasteiger partial charge in [0.05, 0.1) is 19.8 Å². The normalized spacial score (nSPS) is 18.8. The smallest absolute Gasteiger partial charge is 0.188 e. The molecule has 8 heteroatoms. The van der Waals surface area contributed by atoms with Crippen LogP contribution < -0.4 is 16.0 Å². The minimum Gasteiger partial charge on any atom is -0.379 e. The number of anilines is 1. The largest absolute Gasteiger partial charge is 0.379 e. The first-order valence-electron chi connectivity index (χ1n) is 9.57. The molecule has 3 N–H and O–H groups in total. The summed E-state index contributed by atoms with van der Waals surface area (Å²) in [5.74, 6) is 2.98. The summed E-state index contributed by atoms with van der Waals surface area (Å²) in [6, 6.07) is 8.72. The van der Waals surface area contributed by atoms with Crippen LogP contribution in [-0.4, -0.2) is 74.8 Å². The van der Waals surface area contributed by atoms with Gasteiger partial charge >= 0.3 is 0 Å². The van der Waals surface area contributed by atoms with E-state index in [4.69, 9.17) is 10.5 Å². The number of hydrogen-bond acceptors (Lipinski definition) is 5. The first-order chi connectivity index (χ1) is 12.8. The van der Waals surface area contributed by atoms with Crippen LogP contribution in [0.5, 0.6) is 0 Å². The molecule has 0 unspecified atom stereocenters. The molecule has 0 bridgehead atoms. The van der Waals surface area contributed by atoms with Gasteiger partial charge in [0.1, 0.15) is 0 Å². The zero-order valence-corrected chi connectivity index (χ0v) is 19.1. The van der Waals surface area contributed by atoms with E-state index >= 15 is 0 Å². The van der Waals surface area contributed by atoms with Crippen molar-refractivity contribution in [3.63, 3.8) is 0 Å². The summed E-state index contributed by atoms with van der Waals surface area (Å²) < 4.78 is 5.36. The molecule has 0 aliphatic carbocycles. The Hall–Kier alpha value is -0.710. The van der Waals surface area contributed by atoms with Crippen molar-refractivity contribution < 1.29 is 4.74 Å². The molecule has 0 spiro atoms. The van der Waals surface area contributed by atoms with E-state index in [0.717, 1.165) is 58.9 Å². The molecule has 2 aliphatic heterocycles. The summed E-state index contributed by atoms with van der Waals surface area (Å²) in [7, 11) is 0. The van der Waals surface area contributed by atoms with Gasteiger partial charge in [0, 0.05) is 49.9 Å². The van der Waals surface area contributed by atoms with Gasteiger partial charge in [-0.3, -0.25) is 4.90 Å². The standard InChI is InChI=1S/C19H31N5OS.HI/c20-19(21-6-1-7-23-8-12-25-13-9-23)22-16-17-2-4-18(5-3-17)24-10-14-26-15-11-24;/h2-5H,1,6-16H2,(H3,20,21,22);1H. The Kier molecular flexibility index (Phi) is 10.6. The van der Waals surface area contributed by atoms with Crippen LogP contribution >= 0.6 is 35.7 Å². The van der Waals surface area contributed by atoms with Gasteiger partial charge in [-0.25, -0.2) is 4.99 Å². The Bertz CT molecular complexity index is 560. The predicted octanol–water partition coefficient (Wildman–Crippen LogP) is 1.98. The lowest BCUT2D eigenvalue weighted by Crippen LogP contribution is -2.39. The van der Waals surface area contributed by atoms with Crippen molar-refractivity contribution in [2.24, 2.45) is 10.7 Å². The van der Waals surface area contributed by atoms with Crippen molar-refractivity contribution in [3.8, 4) is 0 Å². The van der Waals surface area contributed by atoms with E-state index < -0.39 is 0 Å². The zero-order chi connectivity index (χ0) is 18.0. The highest BCUT2D eigenvalue weighted by atomic mass is 127. The molecule has 0 radical (unpaired) electrons. The van der Waals surface area contributed by atoms with Crippen LogP contribution in [0.15, 0.2) is 29.3 Å². The van der Waals surface area contributed by atoms with Crippen molar-refractivity contribution >= 4 is 47.4 Å². The lowest BCUT2D eigenvalue weighted by atomic mass is 10.2. The Balaban J connectivity index is 0.00000261. The van der Waals surface area contributed by atoms with Gasteiger partial charge < -0.3 is 20.7 Å². The van der Waals surface area contributed by atoms with E-state index in [1.165, 1.54) is 22.8 Å². The second-order valence-electron chi connectivity index (χ2n) is 6.70. The fourth-order valence-corrected chi connectivity index (χ4v) is 4.11. The molecule has 2 aliphatic rings. The number of nitrogens with one attached hydrogen (secondary N) is 1. The highest BCUT2D eigenvalue weighted by Gasteiger charge is 2.11. The Morgan fingerprint density at radius 1 is 1.11 bits per heavy atom. The van der Waals surface area contributed by atoms with Crippen LogP contribution in [0.3, 0.4) is 0 Å². The highest BCUT2D eigenvalue weighted by Crippen LogP contribution is 2.20. The quantitative estimate of drug-likeness (QED) is 0.256. The minimum absolute atomic E-state index is 0. The summed E-state index contributed by atoms with van der Waals surface area (Å²) in [4.78, 5) is 9.34. The molecule has 0 aromatic heterocycles. The lowest BCUT2D eigenvalue weighted by molar-refractivity contribution is 0.0376. The van der Waals surface area contributed by atoms with Gasteiger partial charge in [-0.05, 0) is 30.7 Å². The molecule has 2 heterocycles. The maximum absolute atomic E-state index is 5.98. The molecule has 152 valence electrons. The van der Waals surface area contributed by atoms with E-state index in [0.29, 0.717) is 12.5 Å². The molecule has 1 aromatic carbocycles. The van der Waals surface area contributed by atoms with Gasteiger partial charge in [0.25, 0.3) is 0 Å². The number of guanidine groups is 1. The van der Waals surface area contributed by atoms with Crippen LogP contribution in [0.1, 0.15) is 12.0 Å². The van der Waals surface area contributed by atoms with E-state index in [2.05, 4.69) is 44.4 Å². The fourth-order valence-electron chi connectivity index (χ4n) is 3.21. The predicted molar refractivity (Wildman–Crippen MR) is 127 cm³/mol. The Morgan fingerprint density at radius 2 is 1.81 bits per heavy atom. The van der Waals surface area contributed by atoms with E-state index in [-0.39, 0.29) is 24.0 Å². The van der Waals surface area contributed by atoms with Crippen LogP contribution in [0.25, 0.3) is 0 Å². The summed E-state index contributed by atoms with van der Waals surface area (Å²) in [5.41, 5.74) is 8.49. The SMILES string of the molecule is I.NC(=NCc1ccc(N2CCSCC2)cc1)NCCCN1CCOCC1. The second-order valence-corrected chi connectivity index (χ2v) is 7.93. The Morgan fingerprint density at radius 3 is 2.52 bits per heavy atom. The molecule has 2 fully saturated rings. The first-order valence-corrected chi connectivity index (χ1v) is 10.7. The summed E-state index contributed by atoms with van der Waals surface area (Å²) >= 11 is 2.04. The summed E-state index contributed by atoms with van der Waals surface area (Å²) in [5, 5.41) is 3.21. The number of thioether (sulfide) groups is 1. The van der Waals surface area contributed by atoms with E-state index in [1.807, 2.05) is 11.8 Å². The van der Waals surface area contributed by atoms with Gasteiger partial charge in [-0.15, -0.1) is 24.0 Å². The molecule has 0 amide bonds. The molecular weight excluding hydrogens is 473 g/mol. The topological polar surface area (TPSA) is 66.1 Å². The molecular formula is C19H32IN5OS. The maximum atomic E-state index is 5.98. The zero-order valence-electron chi connectivity index (χ0n) is 15.9. The average Bonchev–Trinajstić information content (AvgIpc) is 2.71. The fraction of sp³-hybridized carbons (Fsp3) is 0.632. The average molecular weight is 505 g/mol. The Labute approximate surface area is 184 Å². The number of aliphatic imine (C=N–C) groups is 1. The van der Waals surface area contributed by atoms with E-state index in [1.54, 1.807) is 0 Å². The van der Waals surface area contributed by atoms with Gasteiger partial charge in [0.2, 0.25) is 0 Å². The molecule has 0 saturated carbocycles. The van der Waals surface area contributed by atoms with Crippen molar-refractivity contribution in [1.82, 2.24) is 10.2 Å². The second kappa shape index (κ2) is 12.7. The molecule has 6 nitrogen and oxygen atoms in total. The monoisotopic (exact) mass is 505 g/mol. The molecule has 2 saturated heterocycles. The van der Waals surface area contributed by atoms with Crippen molar-refractivity contribution in [2.75, 3.05) is 68.9 Å². The maximum Gasteiger partial charge on any atom is 0.188 e. The number of ether oxygens (including phenoxy) is 1. The third-order valence-corrected chi connectivity index (χ3v) is 5.75. The molecule has 3 rings (SSSR count). The molecule has 0 atom stereocenters. The molecule has 1 aromatic rings. The first kappa shape index (κ1) is 22.6. The highest BCUT2D eigenvalue weighted by molar-refractivity contribution is 14.0. The van der Waals surface area contributed by atoms with Gasteiger partial charge in [-0.2, -0.15) is 11.8 Å². The van der Waals surface area contributed by atoms with Crippen LogP contribution in [0.2, 0.25) is 0 Å². The lowest BCUT2D eigenvalue weighted by Gasteiger charge is -2.28. The number of rotatable bonds is 7. The van der Waals surface area contributed by atoms with Crippen LogP contribution in [0.4, 0.5) is 5.69 Å². The number of morpholine rings is 1. The minimum atomic E-state index is 0. The van der Waals surface area contributed by atoms with Gasteiger partial charge in [0.15, 0.2) is 5.96 Å². The van der Waals surface area contributed by atoms with Crippen LogP contribution in [-0.2, 0) is 11.3 Å². The van der Waals surface area contributed by atoms with Crippen molar-refractivity contribution in [3.05, 3.63) is 29.8 Å². The number of benzene rings is 1. The van der Waals surface area contributed by atoms with Crippen molar-refractivity contribution in [1.29, 1.82) is 0 Å². The van der Waals surface area contributed by atoms with Crippen LogP contribution in [0, 0.1) is 0 Å². The number of halogens is 1.